The molecule has 10 heteroatoms. The van der Waals surface area contributed by atoms with Gasteiger partial charge in [-0.05, 0) is 68.7 Å². The van der Waals surface area contributed by atoms with Gasteiger partial charge in [-0.15, -0.1) is 34.0 Å². The first-order chi connectivity index (χ1) is 17.9. The zero-order chi connectivity index (χ0) is 26.8. The Hall–Kier alpha value is -2.27. The molecule has 0 saturated heterocycles. The lowest BCUT2D eigenvalue weighted by Crippen LogP contribution is -2.59. The van der Waals surface area contributed by atoms with E-state index >= 15 is 0 Å². The number of benzene rings is 2. The lowest BCUT2D eigenvalue weighted by Gasteiger charge is -2.39. The van der Waals surface area contributed by atoms with Crippen LogP contribution in [0, 0.1) is 5.92 Å². The second kappa shape index (κ2) is 17.4. The maximum Gasteiger partial charge on any atom is 0.327 e. The van der Waals surface area contributed by atoms with Crippen LogP contribution in [0.5, 0.6) is 0 Å². The minimum absolute atomic E-state index is 0. The van der Waals surface area contributed by atoms with Gasteiger partial charge in [-0.25, -0.2) is 4.79 Å². The number of carboxylic acid groups (broad SMARTS) is 1. The number of rotatable bonds is 14. The molecule has 1 aliphatic carbocycles. The van der Waals surface area contributed by atoms with Crippen LogP contribution in [0.15, 0.2) is 54.6 Å². The Labute approximate surface area is 252 Å². The SMILES string of the molecule is Br.Br.CCOC(=O)[C@H](CCc1ccccc1)C(C(=O)O)N(C(=O)[C@@H](N)CCCCN)C1Cc2ccccc2C1. The molecule has 39 heavy (non-hydrogen) atoms. The summed E-state index contributed by atoms with van der Waals surface area (Å²) in [5, 5.41) is 10.5. The van der Waals surface area contributed by atoms with Gasteiger partial charge in [0.25, 0.3) is 0 Å². The van der Waals surface area contributed by atoms with Gasteiger partial charge in [-0.3, -0.25) is 9.59 Å². The molecule has 216 valence electrons. The molecule has 3 atom stereocenters. The van der Waals surface area contributed by atoms with E-state index in [2.05, 4.69) is 0 Å². The molecule has 0 fully saturated rings. The molecule has 2 aromatic carbocycles. The molecule has 0 bridgehead atoms. The van der Waals surface area contributed by atoms with Gasteiger partial charge in [0, 0.05) is 6.04 Å². The molecular formula is C29H41Br2N3O5. The summed E-state index contributed by atoms with van der Waals surface area (Å²) in [7, 11) is 0. The molecule has 0 saturated carbocycles. The number of nitrogens with two attached hydrogens (primary N) is 2. The molecule has 0 spiro atoms. The third-order valence-electron chi connectivity index (χ3n) is 7.07. The number of esters is 1. The molecule has 1 unspecified atom stereocenters. The number of carboxylic acids is 1. The summed E-state index contributed by atoms with van der Waals surface area (Å²) in [5.41, 5.74) is 15.1. The summed E-state index contributed by atoms with van der Waals surface area (Å²) in [5.74, 6) is -3.33. The Bertz CT molecular complexity index is 1030. The number of aliphatic carboxylic acids is 1. The Kier molecular flexibility index (Phi) is 15.5. The molecule has 1 amide bonds. The van der Waals surface area contributed by atoms with Crippen molar-refractivity contribution in [3.05, 3.63) is 71.3 Å². The number of unbranched alkanes of at least 4 members (excludes halogenated alkanes) is 1. The van der Waals surface area contributed by atoms with E-state index in [0.29, 0.717) is 38.6 Å². The van der Waals surface area contributed by atoms with Gasteiger partial charge in [0.1, 0.15) is 6.04 Å². The Morgan fingerprint density at radius 1 is 0.974 bits per heavy atom. The molecule has 1 aliphatic rings. The number of ether oxygens (including phenoxy) is 1. The highest BCUT2D eigenvalue weighted by molar-refractivity contribution is 8.93. The fourth-order valence-electron chi connectivity index (χ4n) is 5.21. The minimum atomic E-state index is -1.39. The lowest BCUT2D eigenvalue weighted by molar-refractivity contribution is -0.164. The standard InChI is InChI=1S/C29H39N3O5.2BrH/c1-2-37-29(36)24(16-15-20-10-4-3-5-11-20)26(28(34)35)32(27(33)25(31)14-8-9-17-30)23-18-21-12-6-7-13-22(21)19-23;;/h3-7,10-13,23-26H,2,8-9,14-19,30-31H2,1H3,(H,34,35);2*1H/t24-,25+,26?;;/m1../s1. The van der Waals surface area contributed by atoms with Crippen LogP contribution in [0.25, 0.3) is 0 Å². The lowest BCUT2D eigenvalue weighted by atomic mass is 9.89. The van der Waals surface area contributed by atoms with E-state index in [1.807, 2.05) is 54.6 Å². The van der Waals surface area contributed by atoms with Crippen molar-refractivity contribution in [1.82, 2.24) is 4.90 Å². The number of hydrogen-bond acceptors (Lipinski definition) is 6. The Morgan fingerprint density at radius 2 is 1.56 bits per heavy atom. The highest BCUT2D eigenvalue weighted by Crippen LogP contribution is 2.31. The van der Waals surface area contributed by atoms with Crippen molar-refractivity contribution in [2.24, 2.45) is 17.4 Å². The topological polar surface area (TPSA) is 136 Å². The summed E-state index contributed by atoms with van der Waals surface area (Å²) in [4.78, 5) is 41.3. The van der Waals surface area contributed by atoms with Gasteiger partial charge in [0.2, 0.25) is 5.91 Å². The van der Waals surface area contributed by atoms with Crippen LogP contribution in [0.3, 0.4) is 0 Å². The van der Waals surface area contributed by atoms with Crippen molar-refractivity contribution < 1.29 is 24.2 Å². The summed E-state index contributed by atoms with van der Waals surface area (Å²) in [6.07, 6.45) is 3.50. The maximum absolute atomic E-state index is 13.8. The second-order valence-electron chi connectivity index (χ2n) is 9.63. The second-order valence-corrected chi connectivity index (χ2v) is 9.63. The number of hydrogen-bond donors (Lipinski definition) is 3. The van der Waals surface area contributed by atoms with Crippen molar-refractivity contribution in [3.63, 3.8) is 0 Å². The van der Waals surface area contributed by atoms with E-state index in [9.17, 15) is 19.5 Å². The predicted octanol–water partition coefficient (Wildman–Crippen LogP) is 3.86. The maximum atomic E-state index is 13.8. The van der Waals surface area contributed by atoms with E-state index in [1.54, 1.807) is 6.92 Å². The molecule has 2 aromatic rings. The van der Waals surface area contributed by atoms with Gasteiger partial charge >= 0.3 is 11.9 Å². The zero-order valence-corrected chi connectivity index (χ0v) is 25.8. The smallest absolute Gasteiger partial charge is 0.327 e. The van der Waals surface area contributed by atoms with E-state index in [4.69, 9.17) is 16.2 Å². The van der Waals surface area contributed by atoms with Crippen molar-refractivity contribution in [1.29, 1.82) is 0 Å². The molecule has 0 radical (unpaired) electrons. The van der Waals surface area contributed by atoms with Crippen molar-refractivity contribution in [2.75, 3.05) is 13.2 Å². The highest BCUT2D eigenvalue weighted by atomic mass is 79.9. The van der Waals surface area contributed by atoms with E-state index in [-0.39, 0.29) is 47.0 Å². The summed E-state index contributed by atoms with van der Waals surface area (Å²) >= 11 is 0. The number of amides is 1. The van der Waals surface area contributed by atoms with Gasteiger partial charge in [-0.1, -0.05) is 61.0 Å². The number of fused-ring (bicyclic) bond motifs is 1. The molecule has 0 aliphatic heterocycles. The fraction of sp³-hybridized carbons (Fsp3) is 0.483. The van der Waals surface area contributed by atoms with E-state index < -0.39 is 41.9 Å². The van der Waals surface area contributed by atoms with Crippen molar-refractivity contribution >= 4 is 51.8 Å². The third kappa shape index (κ3) is 9.41. The predicted molar refractivity (Wildman–Crippen MR) is 162 cm³/mol. The minimum Gasteiger partial charge on any atom is -0.480 e. The number of halogens is 2. The van der Waals surface area contributed by atoms with Crippen LogP contribution in [-0.4, -0.2) is 59.1 Å². The van der Waals surface area contributed by atoms with Crippen LogP contribution >= 0.6 is 34.0 Å². The van der Waals surface area contributed by atoms with Gasteiger partial charge in [0.05, 0.1) is 18.6 Å². The highest BCUT2D eigenvalue weighted by Gasteiger charge is 2.46. The number of carbonyl (C=O) groups is 3. The zero-order valence-electron chi connectivity index (χ0n) is 22.4. The van der Waals surface area contributed by atoms with Crippen LogP contribution in [-0.2, 0) is 38.4 Å². The summed E-state index contributed by atoms with van der Waals surface area (Å²) in [6, 6.07) is 14.7. The van der Waals surface area contributed by atoms with Gasteiger partial charge in [-0.2, -0.15) is 0 Å². The quantitative estimate of drug-likeness (QED) is 0.205. The average molecular weight is 671 g/mol. The first-order valence-electron chi connectivity index (χ1n) is 13.1. The largest absolute Gasteiger partial charge is 0.480 e. The first kappa shape index (κ1) is 34.8. The number of carbonyl (C=O) groups excluding carboxylic acids is 2. The fourth-order valence-corrected chi connectivity index (χ4v) is 5.21. The number of nitrogens with zero attached hydrogens (tertiary/aromatic N) is 1. The van der Waals surface area contributed by atoms with E-state index in [0.717, 1.165) is 23.1 Å². The Balaban J connectivity index is 0.00000380. The summed E-state index contributed by atoms with van der Waals surface area (Å²) < 4.78 is 5.33. The summed E-state index contributed by atoms with van der Waals surface area (Å²) in [6.45, 7) is 2.30. The normalized spacial score (nSPS) is 14.6. The monoisotopic (exact) mass is 669 g/mol. The van der Waals surface area contributed by atoms with Crippen molar-refractivity contribution in [2.45, 2.75) is 70.0 Å². The molecule has 8 nitrogen and oxygen atoms in total. The number of aryl methyl sites for hydroxylation is 1. The molecule has 0 heterocycles. The third-order valence-corrected chi connectivity index (χ3v) is 7.07. The van der Waals surface area contributed by atoms with Gasteiger partial charge < -0.3 is 26.2 Å². The van der Waals surface area contributed by atoms with Gasteiger partial charge in [0.15, 0.2) is 0 Å². The van der Waals surface area contributed by atoms with E-state index in [1.165, 1.54) is 4.90 Å². The molecule has 0 aromatic heterocycles. The van der Waals surface area contributed by atoms with Crippen LogP contribution in [0.2, 0.25) is 0 Å². The van der Waals surface area contributed by atoms with Crippen LogP contribution < -0.4 is 11.5 Å². The molecular weight excluding hydrogens is 630 g/mol. The average Bonchev–Trinajstić information content (AvgIpc) is 3.32. The van der Waals surface area contributed by atoms with Crippen LogP contribution in [0.4, 0.5) is 0 Å². The molecule has 3 rings (SSSR count). The molecule has 5 N–H and O–H groups in total. The Morgan fingerprint density at radius 3 is 2.10 bits per heavy atom. The first-order valence-corrected chi connectivity index (χ1v) is 13.1. The van der Waals surface area contributed by atoms with Crippen molar-refractivity contribution in [3.8, 4) is 0 Å². The van der Waals surface area contributed by atoms with Crippen LogP contribution in [0.1, 0.15) is 49.3 Å².